The van der Waals surface area contributed by atoms with E-state index in [9.17, 15) is 0 Å². The maximum absolute atomic E-state index is 5.58. The number of ether oxygens (including phenoxy) is 1. The smallest absolute Gasteiger partial charge is 0.0639 e. The molecule has 1 fully saturated rings. The van der Waals surface area contributed by atoms with Crippen molar-refractivity contribution in [3.05, 3.63) is 29.1 Å². The number of pyridine rings is 1. The lowest BCUT2D eigenvalue weighted by Gasteiger charge is -2.35. The van der Waals surface area contributed by atoms with E-state index in [0.29, 0.717) is 11.8 Å². The Morgan fingerprint density at radius 1 is 1.30 bits per heavy atom. The van der Waals surface area contributed by atoms with Crippen LogP contribution in [-0.2, 0) is 10.3 Å². The van der Waals surface area contributed by atoms with Gasteiger partial charge < -0.3 is 4.74 Å². The van der Waals surface area contributed by atoms with E-state index in [2.05, 4.69) is 58.8 Å². The van der Waals surface area contributed by atoms with Crippen molar-refractivity contribution in [2.24, 2.45) is 0 Å². The Morgan fingerprint density at radius 2 is 2.00 bits per heavy atom. The van der Waals surface area contributed by atoms with E-state index in [4.69, 9.17) is 9.72 Å². The molecule has 0 N–H and O–H groups in total. The summed E-state index contributed by atoms with van der Waals surface area (Å²) in [5.41, 5.74) is 3.69. The molecule has 0 aromatic carbocycles. The van der Waals surface area contributed by atoms with Crippen LogP contribution in [0, 0.1) is 0 Å². The van der Waals surface area contributed by atoms with E-state index in [0.717, 1.165) is 19.6 Å². The predicted octanol–water partition coefficient (Wildman–Crippen LogP) is 3.51. The lowest BCUT2D eigenvalue weighted by molar-refractivity contribution is 0.184. The van der Waals surface area contributed by atoms with Crippen LogP contribution in [0.15, 0.2) is 12.1 Å². The highest BCUT2D eigenvalue weighted by atomic mass is 16.5. The van der Waals surface area contributed by atoms with Crippen LogP contribution < -0.4 is 0 Å². The Labute approximate surface area is 123 Å². The Balaban J connectivity index is 2.50. The highest BCUT2D eigenvalue weighted by Gasteiger charge is 2.32. The number of hydrogen-bond acceptors (Lipinski definition) is 3. The first kappa shape index (κ1) is 15.5. The molecule has 0 aliphatic carbocycles. The summed E-state index contributed by atoms with van der Waals surface area (Å²) in [6.45, 7) is 10.6. The van der Waals surface area contributed by atoms with Crippen LogP contribution in [0.25, 0.3) is 0 Å². The van der Waals surface area contributed by atoms with E-state index >= 15 is 0 Å². The number of rotatable bonds is 4. The highest BCUT2D eigenvalue weighted by Crippen LogP contribution is 2.35. The molecule has 1 saturated heterocycles. The molecule has 2 heterocycles. The van der Waals surface area contributed by atoms with E-state index in [-0.39, 0.29) is 5.54 Å². The van der Waals surface area contributed by atoms with Crippen LogP contribution in [0.4, 0.5) is 0 Å². The fourth-order valence-electron chi connectivity index (χ4n) is 2.62. The molecule has 112 valence electrons. The van der Waals surface area contributed by atoms with Gasteiger partial charge in [-0.3, -0.25) is 9.88 Å². The summed E-state index contributed by atoms with van der Waals surface area (Å²) >= 11 is 0. The molecule has 1 aliphatic heterocycles. The fraction of sp³-hybridized carbons (Fsp3) is 0.706. The van der Waals surface area contributed by atoms with Gasteiger partial charge in [-0.15, -0.1) is 0 Å². The van der Waals surface area contributed by atoms with Crippen LogP contribution in [0.3, 0.4) is 0 Å². The van der Waals surface area contributed by atoms with Gasteiger partial charge in [-0.05, 0) is 51.9 Å². The largest absolute Gasteiger partial charge is 0.381 e. The molecule has 3 heteroatoms. The van der Waals surface area contributed by atoms with Gasteiger partial charge >= 0.3 is 0 Å². The Kier molecular flexibility index (Phi) is 4.50. The lowest BCUT2D eigenvalue weighted by atomic mass is 9.86. The zero-order valence-corrected chi connectivity index (χ0v) is 13.7. The minimum Gasteiger partial charge on any atom is -0.381 e. The van der Waals surface area contributed by atoms with Crippen molar-refractivity contribution in [3.63, 3.8) is 0 Å². The molecule has 0 amide bonds. The normalized spacial score (nSPS) is 20.1. The first-order valence-electron chi connectivity index (χ1n) is 7.60. The standard InChI is InChI=1S/C17H28N2O/c1-12(2)15-8-7-14(13-9-10-20-11-13)16(18-15)17(3,4)19(5)6/h7-8,12-13H,9-11H2,1-6H3/t13-/m1/s1. The molecule has 1 atom stereocenters. The van der Waals surface area contributed by atoms with E-state index in [1.54, 1.807) is 0 Å². The first-order valence-corrected chi connectivity index (χ1v) is 7.60. The zero-order chi connectivity index (χ0) is 14.9. The molecule has 3 nitrogen and oxygen atoms in total. The number of nitrogens with zero attached hydrogens (tertiary/aromatic N) is 2. The van der Waals surface area contributed by atoms with Crippen molar-refractivity contribution in [3.8, 4) is 0 Å². The second-order valence-electron chi connectivity index (χ2n) is 6.84. The van der Waals surface area contributed by atoms with Crippen molar-refractivity contribution in [1.29, 1.82) is 0 Å². The molecule has 0 spiro atoms. The average molecular weight is 276 g/mol. The molecular weight excluding hydrogens is 248 g/mol. The van der Waals surface area contributed by atoms with Crippen molar-refractivity contribution in [2.45, 2.75) is 51.5 Å². The Bertz CT molecular complexity index is 460. The second-order valence-corrected chi connectivity index (χ2v) is 6.84. The van der Waals surface area contributed by atoms with E-state index in [1.165, 1.54) is 17.0 Å². The molecule has 0 radical (unpaired) electrons. The molecule has 0 bridgehead atoms. The lowest BCUT2D eigenvalue weighted by Crippen LogP contribution is -2.37. The Morgan fingerprint density at radius 3 is 2.50 bits per heavy atom. The monoisotopic (exact) mass is 276 g/mol. The maximum atomic E-state index is 5.58. The summed E-state index contributed by atoms with van der Waals surface area (Å²) in [5, 5.41) is 0. The SMILES string of the molecule is CC(C)c1ccc([C@@H]2CCOC2)c(C(C)(C)N(C)C)n1. The minimum absolute atomic E-state index is 0.0666. The van der Waals surface area contributed by atoms with Crippen molar-refractivity contribution < 1.29 is 4.74 Å². The van der Waals surface area contributed by atoms with Gasteiger partial charge in [0, 0.05) is 18.2 Å². The molecule has 1 aromatic heterocycles. The third-order valence-corrected chi connectivity index (χ3v) is 4.61. The third-order valence-electron chi connectivity index (χ3n) is 4.61. The molecule has 1 aliphatic rings. The summed E-state index contributed by atoms with van der Waals surface area (Å²) in [4.78, 5) is 7.26. The third kappa shape index (κ3) is 2.89. The molecule has 1 aromatic rings. The highest BCUT2D eigenvalue weighted by molar-refractivity contribution is 5.33. The van der Waals surface area contributed by atoms with E-state index < -0.39 is 0 Å². The van der Waals surface area contributed by atoms with Gasteiger partial charge in [-0.2, -0.15) is 0 Å². The summed E-state index contributed by atoms with van der Waals surface area (Å²) in [7, 11) is 4.25. The van der Waals surface area contributed by atoms with Gasteiger partial charge in [-0.1, -0.05) is 19.9 Å². The van der Waals surface area contributed by atoms with Crippen LogP contribution in [0.2, 0.25) is 0 Å². The summed E-state index contributed by atoms with van der Waals surface area (Å²) in [6.07, 6.45) is 1.11. The topological polar surface area (TPSA) is 25.4 Å². The van der Waals surface area contributed by atoms with Crippen molar-refractivity contribution in [1.82, 2.24) is 9.88 Å². The molecule has 20 heavy (non-hydrogen) atoms. The predicted molar refractivity (Wildman–Crippen MR) is 83.2 cm³/mol. The van der Waals surface area contributed by atoms with Crippen LogP contribution in [0.1, 0.15) is 62.9 Å². The van der Waals surface area contributed by atoms with Crippen LogP contribution in [0.5, 0.6) is 0 Å². The summed E-state index contributed by atoms with van der Waals surface area (Å²) in [6, 6.07) is 4.47. The van der Waals surface area contributed by atoms with Gasteiger partial charge in [0.15, 0.2) is 0 Å². The average Bonchev–Trinajstić information content (AvgIpc) is 2.91. The summed E-state index contributed by atoms with van der Waals surface area (Å²) < 4.78 is 5.58. The quantitative estimate of drug-likeness (QED) is 0.841. The van der Waals surface area contributed by atoms with Crippen LogP contribution >= 0.6 is 0 Å². The van der Waals surface area contributed by atoms with Crippen molar-refractivity contribution in [2.75, 3.05) is 27.3 Å². The van der Waals surface area contributed by atoms with Crippen molar-refractivity contribution >= 4 is 0 Å². The molecular formula is C17H28N2O. The number of aromatic nitrogens is 1. The van der Waals surface area contributed by atoms with Gasteiger partial charge in [0.25, 0.3) is 0 Å². The molecule has 0 saturated carbocycles. The van der Waals surface area contributed by atoms with Crippen LogP contribution in [-0.4, -0.2) is 37.2 Å². The first-order chi connectivity index (χ1) is 9.34. The van der Waals surface area contributed by atoms with Gasteiger partial charge in [-0.25, -0.2) is 0 Å². The molecule has 0 unspecified atom stereocenters. The minimum atomic E-state index is -0.0666. The zero-order valence-electron chi connectivity index (χ0n) is 13.7. The van der Waals surface area contributed by atoms with Gasteiger partial charge in [0.05, 0.1) is 17.8 Å². The second kappa shape index (κ2) is 5.82. The number of hydrogen-bond donors (Lipinski definition) is 0. The van der Waals surface area contributed by atoms with Gasteiger partial charge in [0.1, 0.15) is 0 Å². The Hall–Kier alpha value is -0.930. The fourth-order valence-corrected chi connectivity index (χ4v) is 2.62. The molecule has 2 rings (SSSR count). The summed E-state index contributed by atoms with van der Waals surface area (Å²) in [5.74, 6) is 0.957. The van der Waals surface area contributed by atoms with Gasteiger partial charge in [0.2, 0.25) is 0 Å². The van der Waals surface area contributed by atoms with E-state index in [1.807, 2.05) is 0 Å². The maximum Gasteiger partial charge on any atom is 0.0639 e.